The minimum Gasteiger partial charge on any atom is -0.201 e. The molecule has 1 aromatic carbocycles. The molecule has 0 aliphatic carbocycles. The van der Waals surface area contributed by atoms with Gasteiger partial charge in [0.15, 0.2) is 6.17 Å². The molecule has 0 aliphatic rings. The molecule has 0 bridgehead atoms. The fourth-order valence-electron chi connectivity index (χ4n) is 1.36. The van der Waals surface area contributed by atoms with E-state index in [4.69, 9.17) is 9.60 Å². The van der Waals surface area contributed by atoms with Gasteiger partial charge in [0.2, 0.25) is 5.69 Å². The molecule has 2 rings (SSSR count). The van der Waals surface area contributed by atoms with Crippen LogP contribution in [0.5, 0.6) is 0 Å². The highest BCUT2D eigenvalue weighted by molar-refractivity contribution is 5.61. The topological polar surface area (TPSA) is 3.88 Å². The van der Waals surface area contributed by atoms with Crippen LogP contribution in [0, 0.1) is 13.8 Å². The molecule has 1 heterocycles. The van der Waals surface area contributed by atoms with Crippen molar-refractivity contribution in [3.63, 3.8) is 0 Å². The zero-order valence-electron chi connectivity index (χ0n) is 15.9. The van der Waals surface area contributed by atoms with Crippen molar-refractivity contribution in [1.29, 1.82) is 0 Å². The first kappa shape index (κ1) is 4.48. The van der Waals surface area contributed by atoms with Crippen LogP contribution in [-0.4, -0.2) is 0 Å². The first-order valence-corrected chi connectivity index (χ1v) is 4.64. The van der Waals surface area contributed by atoms with Crippen molar-refractivity contribution in [2.75, 3.05) is 0 Å². The van der Waals surface area contributed by atoms with Crippen LogP contribution in [0.3, 0.4) is 0 Å². The molecule has 0 aliphatic heterocycles. The number of nitrogens with zero attached hydrogens (tertiary/aromatic N) is 1. The largest absolute Gasteiger partial charge is 0.212 e. The Morgan fingerprint density at radius 3 is 2.67 bits per heavy atom. The van der Waals surface area contributed by atoms with Crippen LogP contribution in [0.4, 0.5) is 0 Å². The predicted molar refractivity (Wildman–Crippen MR) is 62.5 cm³/mol. The minimum atomic E-state index is -0.371. The van der Waals surface area contributed by atoms with Gasteiger partial charge in [-0.2, -0.15) is 0 Å². The molecule has 1 nitrogen and oxygen atoms in total. The van der Waals surface area contributed by atoms with Gasteiger partial charge in [-0.25, -0.2) is 4.57 Å². The van der Waals surface area contributed by atoms with E-state index in [2.05, 4.69) is 0 Å². The molecule has 2 aromatic rings. The fourth-order valence-corrected chi connectivity index (χ4v) is 1.36. The first-order valence-electron chi connectivity index (χ1n) is 8.14. The van der Waals surface area contributed by atoms with Crippen LogP contribution in [0.25, 0.3) is 11.3 Å². The van der Waals surface area contributed by atoms with Crippen molar-refractivity contribution in [2.24, 2.45) is 7.05 Å². The van der Waals surface area contributed by atoms with E-state index in [1.807, 2.05) is 0 Å². The Morgan fingerprint density at radius 1 is 1.13 bits per heavy atom. The van der Waals surface area contributed by atoms with E-state index in [0.717, 1.165) is 0 Å². The zero-order chi connectivity index (χ0) is 16.9. The summed E-state index contributed by atoms with van der Waals surface area (Å²) in [6.07, 6.45) is -0.102. The molecule has 0 atom stereocenters. The van der Waals surface area contributed by atoms with E-state index in [0.29, 0.717) is 11.1 Å². The van der Waals surface area contributed by atoms with E-state index < -0.39 is 0 Å². The van der Waals surface area contributed by atoms with E-state index >= 15 is 0 Å². The number of aromatic nitrogens is 1. The van der Waals surface area contributed by atoms with Gasteiger partial charge in [0, 0.05) is 17.6 Å². The minimum absolute atomic E-state index is 0.00312. The maximum atomic E-state index is 8.22. The summed E-state index contributed by atoms with van der Waals surface area (Å²) in [4.78, 5) is 0. The number of hydrogen-bond donors (Lipinski definition) is 0. The van der Waals surface area contributed by atoms with Crippen molar-refractivity contribution < 1.29 is 14.2 Å². The molecule has 1 aromatic heterocycles. The molecule has 0 amide bonds. The third-order valence-corrected chi connectivity index (χ3v) is 2.16. The lowest BCUT2D eigenvalue weighted by atomic mass is 10.0. The molecule has 0 saturated heterocycles. The summed E-state index contributed by atoms with van der Waals surface area (Å²) in [6.45, 7) is 3.13. The maximum absolute atomic E-state index is 8.22. The molecule has 15 heavy (non-hydrogen) atoms. The van der Waals surface area contributed by atoms with E-state index in [1.54, 1.807) is 13.8 Å². The molecule has 1 heteroatoms. The van der Waals surface area contributed by atoms with Crippen LogP contribution in [0.1, 0.15) is 20.7 Å². The number of benzene rings is 1. The number of hydrogen-bond acceptors (Lipinski definition) is 0. The fraction of sp³-hybridized carbons (Fsp3) is 0.214. The Bertz CT molecular complexity index is 673. The zero-order valence-corrected chi connectivity index (χ0v) is 8.95. The van der Waals surface area contributed by atoms with Crippen LogP contribution < -0.4 is 4.57 Å². The van der Waals surface area contributed by atoms with Gasteiger partial charge in [0.25, 0.3) is 0 Å². The smallest absolute Gasteiger partial charge is 0.201 e. The summed E-state index contributed by atoms with van der Waals surface area (Å²) in [5, 5.41) is 0. The normalized spacial score (nSPS) is 16.9. The highest BCUT2D eigenvalue weighted by Gasteiger charge is 2.10. The Hall–Kier alpha value is -1.63. The average molecular weight is 205 g/mol. The summed E-state index contributed by atoms with van der Waals surface area (Å²) < 4.78 is 56.9. The van der Waals surface area contributed by atoms with Gasteiger partial charge in [0.05, 0.1) is 8.22 Å². The molecule has 0 N–H and O–H groups in total. The maximum Gasteiger partial charge on any atom is 0.212 e. The molecular formula is C14H16N+. The first-order chi connectivity index (χ1) is 10.1. The summed E-state index contributed by atoms with van der Waals surface area (Å²) >= 11 is 0. The Kier molecular flexibility index (Phi) is 1.15. The van der Waals surface area contributed by atoms with Gasteiger partial charge in [-0.05, 0) is 31.0 Å². The average Bonchev–Trinajstić information content (AvgIpc) is 2.50. The molecule has 0 fully saturated rings. The second-order valence-corrected chi connectivity index (χ2v) is 3.39. The highest BCUT2D eigenvalue weighted by Crippen LogP contribution is 2.19. The van der Waals surface area contributed by atoms with Gasteiger partial charge in [-0.3, -0.25) is 0 Å². The Balaban J connectivity index is 3.03. The third kappa shape index (κ3) is 1.91. The van der Waals surface area contributed by atoms with Crippen molar-refractivity contribution in [2.45, 2.75) is 13.8 Å². The highest BCUT2D eigenvalue weighted by atomic mass is 14.9. The van der Waals surface area contributed by atoms with Gasteiger partial charge >= 0.3 is 0 Å². The second-order valence-electron chi connectivity index (χ2n) is 3.39. The summed E-state index contributed by atoms with van der Waals surface area (Å²) in [6, 6.07) is -1.15. The molecule has 0 unspecified atom stereocenters. The third-order valence-electron chi connectivity index (χ3n) is 2.16. The van der Waals surface area contributed by atoms with E-state index in [9.17, 15) is 0 Å². The Morgan fingerprint density at radius 2 is 1.87 bits per heavy atom. The Labute approximate surface area is 101 Å². The van der Waals surface area contributed by atoms with E-state index in [-0.39, 0.29) is 53.7 Å². The van der Waals surface area contributed by atoms with Crippen LogP contribution >= 0.6 is 0 Å². The molecule has 0 spiro atoms. The molecule has 76 valence electrons. The molecular weight excluding hydrogens is 182 g/mol. The lowest BCUT2D eigenvalue weighted by Gasteiger charge is -2.04. The predicted octanol–water partition coefficient (Wildman–Crippen LogP) is 2.79. The lowest BCUT2D eigenvalue weighted by molar-refractivity contribution is -0.660. The van der Waals surface area contributed by atoms with Crippen LogP contribution in [-0.2, 0) is 7.05 Å². The van der Waals surface area contributed by atoms with Crippen LogP contribution in [0.15, 0.2) is 42.4 Å². The summed E-state index contributed by atoms with van der Waals surface area (Å²) in [5.74, 6) is 0. The van der Waals surface area contributed by atoms with Gasteiger partial charge in [0.1, 0.15) is 8.42 Å². The molecule has 0 saturated carbocycles. The van der Waals surface area contributed by atoms with E-state index in [1.165, 1.54) is 11.6 Å². The molecule has 0 radical (unpaired) electrons. The monoisotopic (exact) mass is 205 g/mol. The van der Waals surface area contributed by atoms with Crippen molar-refractivity contribution >= 4 is 0 Å². The van der Waals surface area contributed by atoms with Gasteiger partial charge in [-0.15, -0.1) is 0 Å². The van der Waals surface area contributed by atoms with Crippen molar-refractivity contribution in [3.05, 3.63) is 53.6 Å². The summed E-state index contributed by atoms with van der Waals surface area (Å²) in [7, 11) is 1.52. The van der Waals surface area contributed by atoms with Crippen LogP contribution in [0.2, 0.25) is 0 Å². The van der Waals surface area contributed by atoms with Crippen molar-refractivity contribution in [3.8, 4) is 11.3 Å². The summed E-state index contributed by atoms with van der Waals surface area (Å²) in [5.41, 5.74) is 1.06. The van der Waals surface area contributed by atoms with Gasteiger partial charge < -0.3 is 0 Å². The SMILES string of the molecule is [2H]c1c([2H])c([2H])c(-c2c([2H])c(C)c([2H])c([2H])[n+]2C)c(C)c1[2H]. The number of pyridine rings is 1. The quantitative estimate of drug-likeness (QED) is 0.630. The van der Waals surface area contributed by atoms with Gasteiger partial charge in [-0.1, -0.05) is 18.1 Å². The van der Waals surface area contributed by atoms with Crippen molar-refractivity contribution in [1.82, 2.24) is 0 Å². The number of rotatable bonds is 1. The lowest BCUT2D eigenvalue weighted by Crippen LogP contribution is -2.30. The standard InChI is InChI=1S/C14H16N/c1-11-8-9-15(3)14(10-11)13-7-5-4-6-12(13)2/h4-10H,1-3H3/q+1/i4D,5D,6D,7D,8D,9D,10D. The second kappa shape index (κ2) is 3.85.